The number of Topliss-reactive ketones (excluding diaryl/α,β-unsaturated/α-hetero) is 1. The van der Waals surface area contributed by atoms with Crippen molar-refractivity contribution in [1.82, 2.24) is 0 Å². The van der Waals surface area contributed by atoms with Gasteiger partial charge < -0.3 is 14.9 Å². The minimum absolute atomic E-state index is 0.0736. The van der Waals surface area contributed by atoms with E-state index in [4.69, 9.17) is 14.9 Å². The highest BCUT2D eigenvalue weighted by Crippen LogP contribution is 2.27. The number of rotatable bonds is 6. The number of hydrogen-bond acceptors (Lipinski definition) is 5. The van der Waals surface area contributed by atoms with Gasteiger partial charge in [0, 0.05) is 5.56 Å². The maximum Gasteiger partial charge on any atom is 0.257 e. The van der Waals surface area contributed by atoms with Gasteiger partial charge in [-0.15, -0.1) is 0 Å². The van der Waals surface area contributed by atoms with Gasteiger partial charge >= 0.3 is 0 Å². The Balaban J connectivity index is 2.30. The summed E-state index contributed by atoms with van der Waals surface area (Å²) in [5, 5.41) is 2.48. The minimum atomic E-state index is -0.848. The molecular formula is C17H18N2O5. The van der Waals surface area contributed by atoms with E-state index in [-0.39, 0.29) is 28.6 Å². The topological polar surface area (TPSA) is 112 Å². The molecule has 2 aromatic rings. The van der Waals surface area contributed by atoms with E-state index < -0.39 is 11.8 Å². The van der Waals surface area contributed by atoms with Gasteiger partial charge in [0.25, 0.3) is 11.8 Å². The number of carbonyl (C=O) groups is 3. The molecule has 24 heavy (non-hydrogen) atoms. The van der Waals surface area contributed by atoms with Crippen LogP contribution >= 0.6 is 0 Å². The molecule has 0 saturated carbocycles. The first-order valence-corrected chi connectivity index (χ1v) is 7.33. The molecule has 1 aromatic carbocycles. The molecule has 7 nitrogen and oxygen atoms in total. The second-order valence-electron chi connectivity index (χ2n) is 5.07. The summed E-state index contributed by atoms with van der Waals surface area (Å²) in [6.07, 6.45) is 0. The summed E-state index contributed by atoms with van der Waals surface area (Å²) in [6, 6.07) is 6.46. The van der Waals surface area contributed by atoms with E-state index >= 15 is 0 Å². The maximum absolute atomic E-state index is 12.3. The number of nitrogens with one attached hydrogen (secondary N) is 1. The zero-order chi connectivity index (χ0) is 17.9. The highest BCUT2D eigenvalue weighted by Gasteiger charge is 2.26. The molecule has 0 aliphatic carbocycles. The van der Waals surface area contributed by atoms with Gasteiger partial charge in [-0.3, -0.25) is 19.7 Å². The fraction of sp³-hybridized carbons (Fsp3) is 0.235. The number of aryl methyl sites for hydroxylation is 1. The zero-order valence-electron chi connectivity index (χ0n) is 13.6. The van der Waals surface area contributed by atoms with Gasteiger partial charge in [0.15, 0.2) is 5.78 Å². The quantitative estimate of drug-likeness (QED) is 0.791. The van der Waals surface area contributed by atoms with E-state index in [1.807, 2.05) is 6.92 Å². The number of amides is 2. The molecule has 0 aliphatic heterocycles. The van der Waals surface area contributed by atoms with Gasteiger partial charge in [0.1, 0.15) is 17.1 Å². The van der Waals surface area contributed by atoms with Crippen LogP contribution in [0.5, 0.6) is 5.75 Å². The number of ketones is 1. The predicted octanol–water partition coefficient (Wildman–Crippen LogP) is 2.54. The monoisotopic (exact) mass is 330 g/mol. The SMILES string of the molecule is CCOc1ccc(C(=O)Nc2oc(C)c(C(C)=O)c2C(N)=O)cc1. The molecule has 0 bridgehead atoms. The van der Waals surface area contributed by atoms with Crippen LogP contribution in [-0.2, 0) is 0 Å². The second kappa shape index (κ2) is 6.99. The summed E-state index contributed by atoms with van der Waals surface area (Å²) < 4.78 is 10.7. The average Bonchev–Trinajstić information content (AvgIpc) is 2.84. The van der Waals surface area contributed by atoms with Crippen molar-refractivity contribution in [3.05, 3.63) is 46.7 Å². The Morgan fingerprint density at radius 3 is 2.29 bits per heavy atom. The predicted molar refractivity (Wildman–Crippen MR) is 87.5 cm³/mol. The molecule has 0 aliphatic rings. The Kier molecular flexibility index (Phi) is 5.03. The molecule has 0 saturated heterocycles. The van der Waals surface area contributed by atoms with Crippen molar-refractivity contribution in [3.8, 4) is 5.75 Å². The molecule has 2 rings (SSSR count). The van der Waals surface area contributed by atoms with Crippen LogP contribution in [0, 0.1) is 6.92 Å². The Hall–Kier alpha value is -3.09. The van der Waals surface area contributed by atoms with Crippen molar-refractivity contribution in [2.75, 3.05) is 11.9 Å². The average molecular weight is 330 g/mol. The largest absolute Gasteiger partial charge is 0.494 e. The first-order chi connectivity index (χ1) is 11.3. The lowest BCUT2D eigenvalue weighted by molar-refractivity contribution is 0.0974. The molecular weight excluding hydrogens is 312 g/mol. The summed E-state index contributed by atoms with van der Waals surface area (Å²) in [4.78, 5) is 35.6. The summed E-state index contributed by atoms with van der Waals surface area (Å²) in [7, 11) is 0. The smallest absolute Gasteiger partial charge is 0.257 e. The number of furan rings is 1. The van der Waals surface area contributed by atoms with Crippen LogP contribution in [0.25, 0.3) is 0 Å². The van der Waals surface area contributed by atoms with Gasteiger partial charge in [-0.25, -0.2) is 0 Å². The number of ether oxygens (including phenoxy) is 1. The molecule has 0 atom stereocenters. The molecule has 0 radical (unpaired) electrons. The standard InChI is InChI=1S/C17H18N2O5/c1-4-23-12-7-5-11(6-8-12)16(22)19-17-14(15(18)21)13(9(2)20)10(3)24-17/h5-8H,4H2,1-3H3,(H2,18,21)(H,19,22). The first-order valence-electron chi connectivity index (χ1n) is 7.33. The number of primary amides is 1. The Morgan fingerprint density at radius 2 is 1.79 bits per heavy atom. The number of carbonyl (C=O) groups excluding carboxylic acids is 3. The highest BCUT2D eigenvalue weighted by atomic mass is 16.5. The summed E-state index contributed by atoms with van der Waals surface area (Å²) in [5.41, 5.74) is 5.60. The Bertz CT molecular complexity index is 790. The normalized spacial score (nSPS) is 10.3. The van der Waals surface area contributed by atoms with Crippen molar-refractivity contribution in [2.45, 2.75) is 20.8 Å². The Labute approximate surface area is 138 Å². The van der Waals surface area contributed by atoms with Gasteiger partial charge in [-0.05, 0) is 45.0 Å². The van der Waals surface area contributed by atoms with Gasteiger partial charge in [-0.2, -0.15) is 0 Å². The minimum Gasteiger partial charge on any atom is -0.494 e. The van der Waals surface area contributed by atoms with E-state index in [0.29, 0.717) is 17.9 Å². The molecule has 1 aromatic heterocycles. The molecule has 1 heterocycles. The number of nitrogens with two attached hydrogens (primary N) is 1. The lowest BCUT2D eigenvalue weighted by Gasteiger charge is -2.06. The van der Waals surface area contributed by atoms with Crippen molar-refractivity contribution in [1.29, 1.82) is 0 Å². The van der Waals surface area contributed by atoms with Gasteiger partial charge in [-0.1, -0.05) is 0 Å². The van der Waals surface area contributed by atoms with Crippen LogP contribution < -0.4 is 15.8 Å². The summed E-state index contributed by atoms with van der Waals surface area (Å²) >= 11 is 0. The molecule has 7 heteroatoms. The molecule has 2 amide bonds. The molecule has 0 unspecified atom stereocenters. The lowest BCUT2D eigenvalue weighted by Crippen LogP contribution is -2.19. The molecule has 3 N–H and O–H groups in total. The van der Waals surface area contributed by atoms with Crippen molar-refractivity contribution >= 4 is 23.5 Å². The fourth-order valence-electron chi connectivity index (χ4n) is 2.34. The summed E-state index contributed by atoms with van der Waals surface area (Å²) in [5.74, 6) is -0.989. The Morgan fingerprint density at radius 1 is 1.17 bits per heavy atom. The summed E-state index contributed by atoms with van der Waals surface area (Å²) in [6.45, 7) is 5.20. The molecule has 0 fully saturated rings. The number of anilines is 1. The van der Waals surface area contributed by atoms with Crippen LogP contribution in [0.15, 0.2) is 28.7 Å². The van der Waals surface area contributed by atoms with E-state index in [9.17, 15) is 14.4 Å². The van der Waals surface area contributed by atoms with E-state index in [0.717, 1.165) is 0 Å². The fourth-order valence-corrected chi connectivity index (χ4v) is 2.34. The van der Waals surface area contributed by atoms with E-state index in [2.05, 4.69) is 5.32 Å². The van der Waals surface area contributed by atoms with Gasteiger partial charge in [0.05, 0.1) is 12.2 Å². The molecule has 126 valence electrons. The van der Waals surface area contributed by atoms with Crippen LogP contribution in [0.1, 0.15) is 50.7 Å². The third-order valence-corrected chi connectivity index (χ3v) is 3.34. The van der Waals surface area contributed by atoms with Crippen LogP contribution in [0.3, 0.4) is 0 Å². The zero-order valence-corrected chi connectivity index (χ0v) is 13.6. The number of hydrogen-bond donors (Lipinski definition) is 2. The highest BCUT2D eigenvalue weighted by molar-refractivity contribution is 6.13. The van der Waals surface area contributed by atoms with Crippen molar-refractivity contribution in [2.24, 2.45) is 5.73 Å². The van der Waals surface area contributed by atoms with Crippen LogP contribution in [0.2, 0.25) is 0 Å². The van der Waals surface area contributed by atoms with Crippen LogP contribution in [-0.4, -0.2) is 24.2 Å². The lowest BCUT2D eigenvalue weighted by atomic mass is 10.1. The third-order valence-electron chi connectivity index (χ3n) is 3.34. The second-order valence-corrected chi connectivity index (χ2v) is 5.07. The third kappa shape index (κ3) is 3.45. The first kappa shape index (κ1) is 17.3. The van der Waals surface area contributed by atoms with E-state index in [1.165, 1.54) is 13.8 Å². The molecule has 0 spiro atoms. The van der Waals surface area contributed by atoms with Crippen molar-refractivity contribution in [3.63, 3.8) is 0 Å². The van der Waals surface area contributed by atoms with Gasteiger partial charge in [0.2, 0.25) is 5.88 Å². The number of benzene rings is 1. The van der Waals surface area contributed by atoms with Crippen molar-refractivity contribution < 1.29 is 23.5 Å². The van der Waals surface area contributed by atoms with Crippen LogP contribution in [0.4, 0.5) is 5.88 Å². The van der Waals surface area contributed by atoms with E-state index in [1.54, 1.807) is 24.3 Å². The maximum atomic E-state index is 12.3.